The van der Waals surface area contributed by atoms with Crippen molar-refractivity contribution in [1.82, 2.24) is 4.98 Å². The Balaban J connectivity index is 1.51. The Kier molecular flexibility index (Phi) is 5.23. The van der Waals surface area contributed by atoms with Gasteiger partial charge in [-0.05, 0) is 24.6 Å². The quantitative estimate of drug-likeness (QED) is 0.635. The highest BCUT2D eigenvalue weighted by atomic mass is 35.5. The Morgan fingerprint density at radius 2 is 1.88 bits per heavy atom. The van der Waals surface area contributed by atoms with Crippen LogP contribution >= 0.6 is 22.9 Å². The number of halogens is 1. The number of rotatable bonds is 6. The van der Waals surface area contributed by atoms with Crippen LogP contribution in [0.4, 0.5) is 5.13 Å². The van der Waals surface area contributed by atoms with Gasteiger partial charge in [0.2, 0.25) is 5.91 Å². The van der Waals surface area contributed by atoms with Crippen LogP contribution in [-0.2, 0) is 4.79 Å². The van der Waals surface area contributed by atoms with Gasteiger partial charge in [0.05, 0.1) is 10.2 Å². The van der Waals surface area contributed by atoms with Crippen molar-refractivity contribution < 1.29 is 9.59 Å². The molecule has 2 aromatic carbocycles. The van der Waals surface area contributed by atoms with Crippen LogP contribution in [0.1, 0.15) is 29.6 Å². The van der Waals surface area contributed by atoms with Crippen molar-refractivity contribution in [3.8, 4) is 0 Å². The number of nitrogens with one attached hydrogen (secondary N) is 1. The molecule has 0 saturated heterocycles. The van der Waals surface area contributed by atoms with Crippen LogP contribution in [0.25, 0.3) is 10.2 Å². The van der Waals surface area contributed by atoms with E-state index in [1.165, 1.54) is 11.3 Å². The van der Waals surface area contributed by atoms with Gasteiger partial charge in [-0.15, -0.1) is 0 Å². The maximum absolute atomic E-state index is 12.0. The second kappa shape index (κ2) is 7.55. The number of Topliss-reactive ketones (excluding diaryl/α,β-unsaturated/α-hetero) is 1. The second-order valence-corrected chi connectivity index (χ2v) is 6.79. The largest absolute Gasteiger partial charge is 0.302 e. The van der Waals surface area contributed by atoms with Gasteiger partial charge in [0.15, 0.2) is 10.9 Å². The van der Waals surface area contributed by atoms with E-state index in [-0.39, 0.29) is 18.1 Å². The molecule has 6 heteroatoms. The van der Waals surface area contributed by atoms with Crippen molar-refractivity contribution in [2.24, 2.45) is 0 Å². The zero-order chi connectivity index (χ0) is 16.9. The molecule has 1 heterocycles. The van der Waals surface area contributed by atoms with Crippen LogP contribution in [0.2, 0.25) is 5.02 Å². The summed E-state index contributed by atoms with van der Waals surface area (Å²) >= 11 is 7.32. The first-order chi connectivity index (χ1) is 11.6. The summed E-state index contributed by atoms with van der Waals surface area (Å²) in [5, 5.41) is 3.97. The molecule has 0 radical (unpaired) electrons. The molecule has 0 aliphatic heterocycles. The van der Waals surface area contributed by atoms with E-state index < -0.39 is 0 Å². The van der Waals surface area contributed by atoms with Crippen molar-refractivity contribution in [3.05, 3.63) is 59.1 Å². The Morgan fingerprint density at radius 3 is 2.67 bits per heavy atom. The number of nitrogens with zero attached hydrogens (tertiary/aromatic N) is 1. The summed E-state index contributed by atoms with van der Waals surface area (Å²) < 4.78 is 0.928. The molecule has 1 amide bonds. The first-order valence-corrected chi connectivity index (χ1v) is 8.75. The Hall–Kier alpha value is -2.24. The molecule has 0 atom stereocenters. The number of thiazole rings is 1. The number of fused-ring (bicyclic) bond motifs is 1. The molecule has 1 aromatic heterocycles. The predicted octanol–water partition coefficient (Wildman–Crippen LogP) is 4.94. The highest BCUT2D eigenvalue weighted by molar-refractivity contribution is 7.22. The Bertz CT molecular complexity index is 877. The number of carbonyl (C=O) groups is 2. The van der Waals surface area contributed by atoms with E-state index in [0.717, 1.165) is 10.2 Å². The van der Waals surface area contributed by atoms with Crippen molar-refractivity contribution in [2.45, 2.75) is 19.3 Å². The van der Waals surface area contributed by atoms with E-state index in [9.17, 15) is 9.59 Å². The minimum Gasteiger partial charge on any atom is -0.302 e. The van der Waals surface area contributed by atoms with Crippen LogP contribution in [0.15, 0.2) is 48.5 Å². The highest BCUT2D eigenvalue weighted by Crippen LogP contribution is 2.28. The van der Waals surface area contributed by atoms with Crippen LogP contribution in [0.3, 0.4) is 0 Å². The number of ketones is 1. The van der Waals surface area contributed by atoms with Gasteiger partial charge in [0, 0.05) is 23.4 Å². The average molecular weight is 359 g/mol. The third kappa shape index (κ3) is 4.19. The van der Waals surface area contributed by atoms with Crippen molar-refractivity contribution in [3.63, 3.8) is 0 Å². The second-order valence-electron chi connectivity index (χ2n) is 5.32. The highest BCUT2D eigenvalue weighted by Gasteiger charge is 2.10. The maximum Gasteiger partial charge on any atom is 0.226 e. The number of aromatic nitrogens is 1. The van der Waals surface area contributed by atoms with E-state index in [2.05, 4.69) is 10.3 Å². The van der Waals surface area contributed by atoms with Gasteiger partial charge in [-0.1, -0.05) is 53.3 Å². The fourth-order valence-corrected chi connectivity index (χ4v) is 3.47. The smallest absolute Gasteiger partial charge is 0.226 e. The summed E-state index contributed by atoms with van der Waals surface area (Å²) in [5.41, 5.74) is 1.49. The number of hydrogen-bond acceptors (Lipinski definition) is 4. The zero-order valence-electron chi connectivity index (χ0n) is 12.8. The van der Waals surface area contributed by atoms with Crippen molar-refractivity contribution in [2.75, 3.05) is 5.32 Å². The third-order valence-electron chi connectivity index (χ3n) is 3.50. The SMILES string of the molecule is O=C(CCCC(=O)c1ccccc1)Nc1nc2ccc(Cl)cc2s1. The summed E-state index contributed by atoms with van der Waals surface area (Å²) in [6.07, 6.45) is 1.15. The van der Waals surface area contributed by atoms with Crippen molar-refractivity contribution in [1.29, 1.82) is 0 Å². The Labute approximate surface area is 148 Å². The van der Waals surface area contributed by atoms with Gasteiger partial charge < -0.3 is 5.32 Å². The predicted molar refractivity (Wildman–Crippen MR) is 97.9 cm³/mol. The first-order valence-electron chi connectivity index (χ1n) is 7.56. The molecule has 0 bridgehead atoms. The standard InChI is InChI=1S/C18H15ClN2O2S/c19-13-9-10-14-16(11-13)24-18(20-14)21-17(23)8-4-7-15(22)12-5-2-1-3-6-12/h1-3,5-6,9-11H,4,7-8H2,(H,20,21,23). The number of anilines is 1. The molecular weight excluding hydrogens is 344 g/mol. The number of hydrogen-bond donors (Lipinski definition) is 1. The summed E-state index contributed by atoms with van der Waals surface area (Å²) in [6.45, 7) is 0. The van der Waals surface area contributed by atoms with Gasteiger partial charge in [-0.3, -0.25) is 9.59 Å². The molecule has 0 saturated carbocycles. The minimum atomic E-state index is -0.138. The molecule has 24 heavy (non-hydrogen) atoms. The van der Waals surface area contributed by atoms with Crippen LogP contribution in [-0.4, -0.2) is 16.7 Å². The van der Waals surface area contributed by atoms with Gasteiger partial charge >= 0.3 is 0 Å². The van der Waals surface area contributed by atoms with E-state index in [1.54, 1.807) is 18.2 Å². The molecule has 0 aliphatic carbocycles. The molecule has 1 N–H and O–H groups in total. The number of amides is 1. The molecule has 0 fully saturated rings. The molecule has 3 aromatic rings. The monoisotopic (exact) mass is 358 g/mol. The first kappa shape index (κ1) is 16.6. The van der Waals surface area contributed by atoms with Crippen LogP contribution in [0.5, 0.6) is 0 Å². The lowest BCUT2D eigenvalue weighted by atomic mass is 10.1. The summed E-state index contributed by atoms with van der Waals surface area (Å²) in [6, 6.07) is 14.5. The fourth-order valence-electron chi connectivity index (χ4n) is 2.31. The third-order valence-corrected chi connectivity index (χ3v) is 4.67. The van der Waals surface area contributed by atoms with Gasteiger partial charge in [0.1, 0.15) is 0 Å². The molecule has 0 aliphatic rings. The van der Waals surface area contributed by atoms with E-state index >= 15 is 0 Å². The van der Waals surface area contributed by atoms with Crippen LogP contribution in [0, 0.1) is 0 Å². The van der Waals surface area contributed by atoms with E-state index in [0.29, 0.717) is 28.6 Å². The number of carbonyl (C=O) groups excluding carboxylic acids is 2. The molecule has 4 nitrogen and oxygen atoms in total. The van der Waals surface area contributed by atoms with Crippen LogP contribution < -0.4 is 5.32 Å². The Morgan fingerprint density at radius 1 is 1.08 bits per heavy atom. The molecule has 0 unspecified atom stereocenters. The van der Waals surface area contributed by atoms with E-state index in [1.807, 2.05) is 30.3 Å². The summed E-state index contributed by atoms with van der Waals surface area (Å²) in [4.78, 5) is 28.3. The summed E-state index contributed by atoms with van der Waals surface area (Å²) in [5.74, 6) is -0.0842. The van der Waals surface area contributed by atoms with Crippen molar-refractivity contribution >= 4 is 50.0 Å². The zero-order valence-corrected chi connectivity index (χ0v) is 14.4. The summed E-state index contributed by atoms with van der Waals surface area (Å²) in [7, 11) is 0. The minimum absolute atomic E-state index is 0.0537. The van der Waals surface area contributed by atoms with Gasteiger partial charge in [-0.25, -0.2) is 4.98 Å². The lowest BCUT2D eigenvalue weighted by Crippen LogP contribution is -2.11. The topological polar surface area (TPSA) is 59.1 Å². The average Bonchev–Trinajstić information content (AvgIpc) is 2.96. The van der Waals surface area contributed by atoms with Gasteiger partial charge in [0.25, 0.3) is 0 Å². The number of benzene rings is 2. The molecule has 3 rings (SSSR count). The van der Waals surface area contributed by atoms with E-state index in [4.69, 9.17) is 11.6 Å². The molecular formula is C18H15ClN2O2S. The lowest BCUT2D eigenvalue weighted by molar-refractivity contribution is -0.116. The molecule has 0 spiro atoms. The molecule has 122 valence electrons. The normalized spacial score (nSPS) is 10.7. The fraction of sp³-hybridized carbons (Fsp3) is 0.167. The van der Waals surface area contributed by atoms with Gasteiger partial charge in [-0.2, -0.15) is 0 Å². The lowest BCUT2D eigenvalue weighted by Gasteiger charge is -2.02. The maximum atomic E-state index is 12.0.